The standard InChI is InChI=1S/C13H14ClNO.C4H4O4/c1-15-6-8-4-13(16)10-3-2-9(14)5-11(10)12(8)7-15;5-3(6)1-2-4(7)8/h2-3,5,8,12H,4,6-7H2,1H3;1-2H,(H,5,6)(H,7,8)/b;2-1+/t8-,12+;/m0./s1. The Bertz CT molecular complexity index is 684. The molecule has 1 aliphatic heterocycles. The molecule has 0 bridgehead atoms. The second-order valence-corrected chi connectivity index (χ2v) is 6.39. The molecular weight excluding hydrogens is 334 g/mol. The van der Waals surface area contributed by atoms with Gasteiger partial charge < -0.3 is 15.1 Å². The number of Topliss-reactive ketones (excluding diaryl/α,β-unsaturated/α-hetero) is 1. The molecule has 0 radical (unpaired) electrons. The molecule has 24 heavy (non-hydrogen) atoms. The van der Waals surface area contributed by atoms with E-state index in [-0.39, 0.29) is 5.78 Å². The number of carboxylic acid groups (broad SMARTS) is 2. The van der Waals surface area contributed by atoms with Crippen LogP contribution in [-0.2, 0) is 9.59 Å². The Kier molecular flexibility index (Phi) is 5.75. The lowest BCUT2D eigenvalue weighted by Gasteiger charge is -2.26. The largest absolute Gasteiger partial charge is 0.478 e. The summed E-state index contributed by atoms with van der Waals surface area (Å²) in [4.78, 5) is 33.4. The first-order valence-electron chi connectivity index (χ1n) is 7.43. The zero-order chi connectivity index (χ0) is 17.9. The Hall–Kier alpha value is -2.18. The van der Waals surface area contributed by atoms with Crippen molar-refractivity contribution in [2.75, 3.05) is 20.1 Å². The molecule has 1 heterocycles. The molecule has 2 atom stereocenters. The third-order valence-corrected chi connectivity index (χ3v) is 4.39. The first-order valence-corrected chi connectivity index (χ1v) is 7.81. The summed E-state index contributed by atoms with van der Waals surface area (Å²) in [6.07, 6.45) is 1.81. The summed E-state index contributed by atoms with van der Waals surface area (Å²) < 4.78 is 0. The molecule has 1 aromatic rings. The molecule has 0 unspecified atom stereocenters. The molecule has 0 spiro atoms. The lowest BCUT2D eigenvalue weighted by atomic mass is 9.76. The van der Waals surface area contributed by atoms with Gasteiger partial charge >= 0.3 is 11.9 Å². The summed E-state index contributed by atoms with van der Waals surface area (Å²) >= 11 is 6.03. The van der Waals surface area contributed by atoms with E-state index in [1.165, 1.54) is 0 Å². The second-order valence-electron chi connectivity index (χ2n) is 5.96. The lowest BCUT2D eigenvalue weighted by molar-refractivity contribution is -0.134. The van der Waals surface area contributed by atoms with E-state index in [2.05, 4.69) is 11.9 Å². The fourth-order valence-electron chi connectivity index (χ4n) is 3.23. The number of rotatable bonds is 2. The van der Waals surface area contributed by atoms with E-state index in [1.807, 2.05) is 18.2 Å². The Morgan fingerprint density at radius 3 is 2.42 bits per heavy atom. The van der Waals surface area contributed by atoms with Gasteiger partial charge in [0.15, 0.2) is 5.78 Å². The van der Waals surface area contributed by atoms with Gasteiger partial charge in [-0.05, 0) is 36.7 Å². The Balaban J connectivity index is 0.000000224. The van der Waals surface area contributed by atoms with Crippen LogP contribution in [0, 0.1) is 5.92 Å². The third kappa shape index (κ3) is 4.43. The highest BCUT2D eigenvalue weighted by Gasteiger charge is 2.39. The van der Waals surface area contributed by atoms with Crippen LogP contribution in [0.5, 0.6) is 0 Å². The van der Waals surface area contributed by atoms with Gasteiger partial charge in [-0.3, -0.25) is 4.79 Å². The SMILES string of the molecule is CN1C[C@@H]2CC(=O)c3ccc(Cl)cc3[C@@H]2C1.O=C(O)/C=C/C(=O)O. The molecule has 2 N–H and O–H groups in total. The van der Waals surface area contributed by atoms with E-state index in [0.717, 1.165) is 29.2 Å². The molecule has 0 saturated carbocycles. The van der Waals surface area contributed by atoms with Crippen LogP contribution in [0.1, 0.15) is 28.3 Å². The average Bonchev–Trinajstić information content (AvgIpc) is 2.86. The smallest absolute Gasteiger partial charge is 0.328 e. The van der Waals surface area contributed by atoms with Crippen LogP contribution in [-0.4, -0.2) is 53.0 Å². The zero-order valence-electron chi connectivity index (χ0n) is 13.1. The maximum atomic E-state index is 12.0. The predicted octanol–water partition coefficient (Wildman–Crippen LogP) is 2.28. The first-order chi connectivity index (χ1) is 11.3. The van der Waals surface area contributed by atoms with Gasteiger partial charge in [-0.25, -0.2) is 9.59 Å². The molecule has 1 aliphatic carbocycles. The maximum Gasteiger partial charge on any atom is 0.328 e. The minimum atomic E-state index is -1.26. The number of aliphatic carboxylic acids is 2. The number of carbonyl (C=O) groups excluding carboxylic acids is 1. The van der Waals surface area contributed by atoms with Gasteiger partial charge in [0.1, 0.15) is 0 Å². The number of nitrogens with zero attached hydrogens (tertiary/aromatic N) is 1. The number of benzene rings is 1. The van der Waals surface area contributed by atoms with Crippen LogP contribution in [0.25, 0.3) is 0 Å². The zero-order valence-corrected chi connectivity index (χ0v) is 13.9. The van der Waals surface area contributed by atoms with E-state index in [0.29, 0.717) is 30.4 Å². The molecular formula is C17H18ClNO5. The van der Waals surface area contributed by atoms with Gasteiger partial charge in [-0.1, -0.05) is 11.6 Å². The summed E-state index contributed by atoms with van der Waals surface area (Å²) in [6.45, 7) is 2.08. The number of fused-ring (bicyclic) bond motifs is 3. The quantitative estimate of drug-likeness (QED) is 0.794. The predicted molar refractivity (Wildman–Crippen MR) is 88.5 cm³/mol. The number of likely N-dealkylation sites (N-methyl/N-ethyl adjacent to an activating group) is 1. The highest BCUT2D eigenvalue weighted by molar-refractivity contribution is 6.30. The van der Waals surface area contributed by atoms with Crippen LogP contribution in [0.2, 0.25) is 5.02 Å². The Morgan fingerprint density at radius 1 is 1.21 bits per heavy atom. The number of hydrogen-bond donors (Lipinski definition) is 2. The van der Waals surface area contributed by atoms with Crippen LogP contribution < -0.4 is 0 Å². The van der Waals surface area contributed by atoms with Gasteiger partial charge in [0.2, 0.25) is 0 Å². The fraction of sp³-hybridized carbons (Fsp3) is 0.353. The summed E-state index contributed by atoms with van der Waals surface area (Å²) in [5.41, 5.74) is 2.05. The first kappa shape index (κ1) is 18.2. The van der Waals surface area contributed by atoms with Crippen molar-refractivity contribution in [2.45, 2.75) is 12.3 Å². The van der Waals surface area contributed by atoms with Gasteiger partial charge in [0.05, 0.1) is 0 Å². The maximum absolute atomic E-state index is 12.0. The molecule has 7 heteroatoms. The van der Waals surface area contributed by atoms with Gasteiger partial charge in [-0.2, -0.15) is 0 Å². The summed E-state index contributed by atoms with van der Waals surface area (Å²) in [6, 6.07) is 5.68. The molecule has 3 rings (SSSR count). The second kappa shape index (κ2) is 7.59. The lowest BCUT2D eigenvalue weighted by Crippen LogP contribution is -2.23. The molecule has 0 aromatic heterocycles. The summed E-state index contributed by atoms with van der Waals surface area (Å²) in [5.74, 6) is -1.25. The van der Waals surface area contributed by atoms with E-state index < -0.39 is 11.9 Å². The van der Waals surface area contributed by atoms with Crippen LogP contribution >= 0.6 is 11.6 Å². The van der Waals surface area contributed by atoms with E-state index in [9.17, 15) is 14.4 Å². The normalized spacial score (nSPS) is 22.5. The van der Waals surface area contributed by atoms with E-state index in [4.69, 9.17) is 21.8 Å². The molecule has 1 aromatic carbocycles. The Labute approximate surface area is 144 Å². The van der Waals surface area contributed by atoms with Gasteiger partial charge in [0.25, 0.3) is 0 Å². The van der Waals surface area contributed by atoms with Crippen LogP contribution in [0.4, 0.5) is 0 Å². The topological polar surface area (TPSA) is 94.9 Å². The van der Waals surface area contributed by atoms with Crippen molar-refractivity contribution >= 4 is 29.3 Å². The summed E-state index contributed by atoms with van der Waals surface area (Å²) in [5, 5.41) is 16.4. The molecule has 2 aliphatic rings. The van der Waals surface area contributed by atoms with Crippen LogP contribution in [0.15, 0.2) is 30.4 Å². The van der Waals surface area contributed by atoms with Gasteiger partial charge in [-0.15, -0.1) is 0 Å². The molecule has 128 valence electrons. The average molecular weight is 352 g/mol. The van der Waals surface area contributed by atoms with Gasteiger partial charge in [0, 0.05) is 48.2 Å². The minimum Gasteiger partial charge on any atom is -0.478 e. The van der Waals surface area contributed by atoms with Crippen LogP contribution in [0.3, 0.4) is 0 Å². The Morgan fingerprint density at radius 2 is 1.83 bits per heavy atom. The van der Waals surface area contributed by atoms with Crippen molar-refractivity contribution in [3.63, 3.8) is 0 Å². The van der Waals surface area contributed by atoms with Crippen molar-refractivity contribution < 1.29 is 24.6 Å². The fourth-order valence-corrected chi connectivity index (χ4v) is 3.41. The number of halogens is 1. The third-order valence-electron chi connectivity index (χ3n) is 4.15. The molecule has 0 amide bonds. The number of carbonyl (C=O) groups is 3. The highest BCUT2D eigenvalue weighted by atomic mass is 35.5. The van der Waals surface area contributed by atoms with Crippen molar-refractivity contribution in [1.82, 2.24) is 4.90 Å². The van der Waals surface area contributed by atoms with Crippen molar-refractivity contribution in [1.29, 1.82) is 0 Å². The molecule has 1 saturated heterocycles. The molecule has 1 fully saturated rings. The highest BCUT2D eigenvalue weighted by Crippen LogP contribution is 2.41. The number of hydrogen-bond acceptors (Lipinski definition) is 4. The van der Waals surface area contributed by atoms with Crippen molar-refractivity contribution in [2.24, 2.45) is 5.92 Å². The number of likely N-dealkylation sites (tertiary alicyclic amines) is 1. The number of carboxylic acids is 2. The minimum absolute atomic E-state index is 0.281. The van der Waals surface area contributed by atoms with E-state index in [1.54, 1.807) is 0 Å². The van der Waals surface area contributed by atoms with Crippen molar-refractivity contribution in [3.05, 3.63) is 46.5 Å². The molecule has 6 nitrogen and oxygen atoms in total. The van der Waals surface area contributed by atoms with E-state index >= 15 is 0 Å². The monoisotopic (exact) mass is 351 g/mol. The number of ketones is 1. The summed E-state index contributed by atoms with van der Waals surface area (Å²) in [7, 11) is 2.12. The van der Waals surface area contributed by atoms with Crippen molar-refractivity contribution in [3.8, 4) is 0 Å².